The lowest BCUT2D eigenvalue weighted by Crippen LogP contribution is -2.47. The van der Waals surface area contributed by atoms with Gasteiger partial charge in [-0.2, -0.15) is 0 Å². The largest absolute Gasteiger partial charge is 0.352 e. The summed E-state index contributed by atoms with van der Waals surface area (Å²) in [4.78, 5) is 34.4. The zero-order valence-electron chi connectivity index (χ0n) is 13.8. The number of piperidine rings is 1. The molecular formula is C16H23N5O2S. The van der Waals surface area contributed by atoms with E-state index in [0.29, 0.717) is 23.3 Å². The average molecular weight is 349 g/mol. The zero-order chi connectivity index (χ0) is 16.9. The van der Waals surface area contributed by atoms with Crippen molar-refractivity contribution in [3.8, 4) is 0 Å². The molecule has 1 saturated carbocycles. The highest BCUT2D eigenvalue weighted by Gasteiger charge is 2.26. The van der Waals surface area contributed by atoms with Gasteiger partial charge in [-0.05, 0) is 31.9 Å². The van der Waals surface area contributed by atoms with Gasteiger partial charge in [-0.25, -0.2) is 9.97 Å². The Hall–Kier alpha value is -1.67. The van der Waals surface area contributed by atoms with Gasteiger partial charge in [0, 0.05) is 37.6 Å². The Kier molecular flexibility index (Phi) is 5.68. The summed E-state index contributed by atoms with van der Waals surface area (Å²) in [6, 6.07) is 0.550. The second kappa shape index (κ2) is 7.94. The minimum atomic E-state index is -0.132. The van der Waals surface area contributed by atoms with Crippen LogP contribution in [0, 0.1) is 0 Å². The second-order valence-electron chi connectivity index (χ2n) is 6.32. The molecule has 0 atom stereocenters. The van der Waals surface area contributed by atoms with Crippen molar-refractivity contribution in [3.05, 3.63) is 18.0 Å². The average Bonchev–Trinajstić information content (AvgIpc) is 3.40. The predicted octanol–water partition coefficient (Wildman–Crippen LogP) is 0.671. The first-order chi connectivity index (χ1) is 11.6. The molecule has 3 rings (SSSR count). The Morgan fingerprint density at radius 1 is 1.12 bits per heavy atom. The number of likely N-dealkylation sites (tertiary alicyclic amines) is 1. The van der Waals surface area contributed by atoms with Crippen molar-refractivity contribution in [2.45, 2.75) is 42.9 Å². The van der Waals surface area contributed by atoms with Gasteiger partial charge in [0.25, 0.3) is 5.91 Å². The molecule has 1 aromatic rings. The van der Waals surface area contributed by atoms with Crippen LogP contribution in [0.15, 0.2) is 17.6 Å². The van der Waals surface area contributed by atoms with E-state index in [1.165, 1.54) is 11.8 Å². The summed E-state index contributed by atoms with van der Waals surface area (Å²) < 4.78 is 0. The topological polar surface area (TPSA) is 87.2 Å². The summed E-state index contributed by atoms with van der Waals surface area (Å²) in [6.07, 6.45) is 8.95. The normalized spacial score (nSPS) is 19.0. The summed E-state index contributed by atoms with van der Waals surface area (Å²) in [5, 5.41) is 6.70. The maximum atomic E-state index is 12.2. The van der Waals surface area contributed by atoms with E-state index in [9.17, 15) is 9.59 Å². The molecule has 1 saturated heterocycles. The Bertz CT molecular complexity index is 583. The van der Waals surface area contributed by atoms with Crippen molar-refractivity contribution in [1.82, 2.24) is 25.5 Å². The molecule has 2 N–H and O–H groups in total. The fraction of sp³-hybridized carbons (Fsp3) is 0.625. The molecule has 2 amide bonds. The minimum Gasteiger partial charge on any atom is -0.352 e. The minimum absolute atomic E-state index is 0.117. The third-order valence-corrected chi connectivity index (χ3v) is 4.88. The van der Waals surface area contributed by atoms with Crippen molar-refractivity contribution in [2.75, 3.05) is 25.9 Å². The summed E-state index contributed by atoms with van der Waals surface area (Å²) >= 11 is 1.45. The molecular weight excluding hydrogens is 326 g/mol. The third-order valence-electron chi connectivity index (χ3n) is 4.31. The van der Waals surface area contributed by atoms with Crippen LogP contribution >= 0.6 is 11.8 Å². The molecule has 0 aromatic carbocycles. The van der Waals surface area contributed by atoms with Crippen LogP contribution in [-0.2, 0) is 4.79 Å². The molecule has 0 unspecified atom stereocenters. The molecule has 1 aromatic heterocycles. The first kappa shape index (κ1) is 17.2. The molecule has 1 aliphatic heterocycles. The molecule has 7 nitrogen and oxygen atoms in total. The van der Waals surface area contributed by atoms with Crippen molar-refractivity contribution >= 4 is 23.6 Å². The number of amides is 2. The molecule has 130 valence electrons. The van der Waals surface area contributed by atoms with Gasteiger partial charge in [-0.1, -0.05) is 11.8 Å². The van der Waals surface area contributed by atoms with Crippen LogP contribution in [0.2, 0.25) is 0 Å². The van der Waals surface area contributed by atoms with E-state index < -0.39 is 0 Å². The van der Waals surface area contributed by atoms with E-state index in [4.69, 9.17) is 0 Å². The highest BCUT2D eigenvalue weighted by Crippen LogP contribution is 2.18. The van der Waals surface area contributed by atoms with E-state index in [0.717, 1.165) is 38.8 Å². The fourth-order valence-electron chi connectivity index (χ4n) is 2.75. The quantitative estimate of drug-likeness (QED) is 0.580. The molecule has 2 heterocycles. The maximum Gasteiger partial charge on any atom is 0.254 e. The summed E-state index contributed by atoms with van der Waals surface area (Å²) in [6.45, 7) is 2.11. The van der Waals surface area contributed by atoms with Crippen LogP contribution in [0.1, 0.15) is 36.0 Å². The van der Waals surface area contributed by atoms with Gasteiger partial charge in [-0.3, -0.25) is 14.5 Å². The molecule has 0 radical (unpaired) electrons. The lowest BCUT2D eigenvalue weighted by atomic mass is 10.0. The van der Waals surface area contributed by atoms with Crippen LogP contribution in [0.4, 0.5) is 0 Å². The lowest BCUT2D eigenvalue weighted by Gasteiger charge is -2.31. The molecule has 1 aliphatic carbocycles. The maximum absolute atomic E-state index is 12.2. The summed E-state index contributed by atoms with van der Waals surface area (Å²) in [5.41, 5.74) is 0.485. The van der Waals surface area contributed by atoms with Crippen molar-refractivity contribution in [3.63, 3.8) is 0 Å². The van der Waals surface area contributed by atoms with Crippen molar-refractivity contribution < 1.29 is 9.59 Å². The van der Waals surface area contributed by atoms with Gasteiger partial charge in [-0.15, -0.1) is 0 Å². The van der Waals surface area contributed by atoms with Crippen LogP contribution in [-0.4, -0.2) is 64.7 Å². The van der Waals surface area contributed by atoms with E-state index >= 15 is 0 Å². The Labute approximate surface area is 146 Å². The second-order valence-corrected chi connectivity index (χ2v) is 7.10. The SMILES string of the molecule is CSc1ncc(C(=O)NC2CCN(CC(=O)NC3CC3)CC2)cn1. The van der Waals surface area contributed by atoms with Gasteiger partial charge in [0.1, 0.15) is 0 Å². The number of rotatable bonds is 6. The lowest BCUT2D eigenvalue weighted by molar-refractivity contribution is -0.122. The number of hydrogen-bond donors (Lipinski definition) is 2. The fourth-order valence-corrected chi connectivity index (χ4v) is 3.06. The highest BCUT2D eigenvalue weighted by atomic mass is 32.2. The zero-order valence-corrected chi connectivity index (χ0v) is 14.6. The number of thioether (sulfide) groups is 1. The van der Waals surface area contributed by atoms with Crippen molar-refractivity contribution in [2.24, 2.45) is 0 Å². The molecule has 24 heavy (non-hydrogen) atoms. The summed E-state index contributed by atoms with van der Waals surface area (Å²) in [7, 11) is 0. The van der Waals surface area contributed by atoms with Crippen LogP contribution < -0.4 is 10.6 Å². The molecule has 0 bridgehead atoms. The molecule has 2 fully saturated rings. The number of nitrogens with one attached hydrogen (secondary N) is 2. The number of nitrogens with zero attached hydrogens (tertiary/aromatic N) is 3. The van der Waals surface area contributed by atoms with Crippen LogP contribution in [0.3, 0.4) is 0 Å². The third kappa shape index (κ3) is 4.91. The smallest absolute Gasteiger partial charge is 0.254 e. The van der Waals surface area contributed by atoms with Gasteiger partial charge in [0.05, 0.1) is 12.1 Å². The predicted molar refractivity (Wildman–Crippen MR) is 91.9 cm³/mol. The van der Waals surface area contributed by atoms with Crippen molar-refractivity contribution in [1.29, 1.82) is 0 Å². The Morgan fingerprint density at radius 2 is 1.75 bits per heavy atom. The van der Waals surface area contributed by atoms with Crippen LogP contribution in [0.5, 0.6) is 0 Å². The van der Waals surface area contributed by atoms with E-state index in [1.807, 2.05) is 6.26 Å². The van der Waals surface area contributed by atoms with E-state index in [-0.39, 0.29) is 17.9 Å². The van der Waals surface area contributed by atoms with Crippen LogP contribution in [0.25, 0.3) is 0 Å². The molecule has 0 spiro atoms. The summed E-state index contributed by atoms with van der Waals surface area (Å²) in [5.74, 6) is -0.0152. The Balaban J connectivity index is 1.40. The number of carbonyl (C=O) groups excluding carboxylic acids is 2. The van der Waals surface area contributed by atoms with Gasteiger partial charge >= 0.3 is 0 Å². The monoisotopic (exact) mass is 349 g/mol. The molecule has 8 heteroatoms. The number of carbonyl (C=O) groups is 2. The van der Waals surface area contributed by atoms with E-state index in [2.05, 4.69) is 25.5 Å². The number of hydrogen-bond acceptors (Lipinski definition) is 6. The first-order valence-corrected chi connectivity index (χ1v) is 9.55. The van der Waals surface area contributed by atoms with Gasteiger partial charge in [0.2, 0.25) is 5.91 Å². The standard InChI is InChI=1S/C16H23N5O2S/c1-24-16-17-8-11(9-18-16)15(23)20-13-4-6-21(7-5-13)10-14(22)19-12-2-3-12/h8-9,12-13H,2-7,10H2,1H3,(H,19,22)(H,20,23). The molecule has 2 aliphatic rings. The van der Waals surface area contributed by atoms with Gasteiger partial charge in [0.15, 0.2) is 5.16 Å². The number of aromatic nitrogens is 2. The Morgan fingerprint density at radius 3 is 2.33 bits per heavy atom. The highest BCUT2D eigenvalue weighted by molar-refractivity contribution is 7.98. The van der Waals surface area contributed by atoms with E-state index in [1.54, 1.807) is 12.4 Å². The first-order valence-electron chi connectivity index (χ1n) is 8.32. The van der Waals surface area contributed by atoms with Gasteiger partial charge < -0.3 is 10.6 Å².